The number of fused-ring (bicyclic) bond motifs is 1. The summed E-state index contributed by atoms with van der Waals surface area (Å²) < 4.78 is 7.99. The van der Waals surface area contributed by atoms with Gasteiger partial charge in [0, 0.05) is 11.4 Å². The van der Waals surface area contributed by atoms with E-state index in [1.807, 2.05) is 90.4 Å². The summed E-state index contributed by atoms with van der Waals surface area (Å²) in [6.07, 6.45) is 0. The summed E-state index contributed by atoms with van der Waals surface area (Å²) in [7, 11) is 0. The Balaban J connectivity index is 1.88. The average molecular weight is 357 g/mol. The summed E-state index contributed by atoms with van der Waals surface area (Å²) in [5.74, 6) is -0.380. The Hall–Kier alpha value is -3.53. The van der Waals surface area contributed by atoms with Crippen LogP contribution in [0.15, 0.2) is 78.9 Å². The highest BCUT2D eigenvalue weighted by Crippen LogP contribution is 2.36. The molecule has 0 radical (unpaired) electrons. The summed E-state index contributed by atoms with van der Waals surface area (Å²) in [4.78, 5) is 12.0. The third kappa shape index (κ3) is 3.06. The fourth-order valence-electron chi connectivity index (χ4n) is 3.46. The van der Waals surface area contributed by atoms with Crippen molar-refractivity contribution in [2.24, 2.45) is 0 Å². The lowest BCUT2D eigenvalue weighted by molar-refractivity contribution is 0.0698. The van der Waals surface area contributed by atoms with E-state index in [4.69, 9.17) is 4.74 Å². The molecule has 0 spiro atoms. The summed E-state index contributed by atoms with van der Waals surface area (Å²) >= 11 is 0. The molecule has 4 aromatic rings. The van der Waals surface area contributed by atoms with E-state index in [9.17, 15) is 9.90 Å². The van der Waals surface area contributed by atoms with Crippen LogP contribution >= 0.6 is 0 Å². The van der Waals surface area contributed by atoms with E-state index in [-0.39, 0.29) is 5.56 Å². The maximum atomic E-state index is 12.0. The van der Waals surface area contributed by atoms with Crippen LogP contribution in [0.4, 0.5) is 0 Å². The molecule has 0 atom stereocenters. The number of carboxylic acid groups (broad SMARTS) is 1. The van der Waals surface area contributed by atoms with Crippen LogP contribution in [0.2, 0.25) is 0 Å². The first-order valence-electron chi connectivity index (χ1n) is 8.76. The van der Waals surface area contributed by atoms with Gasteiger partial charge in [0.2, 0.25) is 0 Å². The zero-order valence-corrected chi connectivity index (χ0v) is 14.9. The van der Waals surface area contributed by atoms with Crippen molar-refractivity contribution in [3.8, 4) is 11.4 Å². The van der Waals surface area contributed by atoms with Crippen LogP contribution in [0.25, 0.3) is 16.6 Å². The lowest BCUT2D eigenvalue weighted by atomic mass is 10.1. The lowest BCUT2D eigenvalue weighted by Gasteiger charge is -2.10. The van der Waals surface area contributed by atoms with E-state index < -0.39 is 5.97 Å². The number of hydrogen-bond acceptors (Lipinski definition) is 2. The minimum absolute atomic E-state index is 0.275. The molecule has 1 aromatic heterocycles. The number of hydrogen-bond donors (Lipinski definition) is 1. The van der Waals surface area contributed by atoms with Gasteiger partial charge in [-0.3, -0.25) is 0 Å². The van der Waals surface area contributed by atoms with Gasteiger partial charge in [-0.05, 0) is 36.8 Å². The first kappa shape index (κ1) is 16.9. The van der Waals surface area contributed by atoms with Gasteiger partial charge < -0.3 is 14.4 Å². The first-order valence-corrected chi connectivity index (χ1v) is 8.76. The van der Waals surface area contributed by atoms with Crippen molar-refractivity contribution in [1.29, 1.82) is 0 Å². The zero-order chi connectivity index (χ0) is 18.8. The SMILES string of the molecule is Cc1c(C(=O)O)c2c(OCc3ccccc3)cccc2n1-c1ccccc1. The van der Waals surface area contributed by atoms with Crippen LogP contribution in [-0.4, -0.2) is 15.6 Å². The number of aromatic nitrogens is 1. The maximum absolute atomic E-state index is 12.0. The molecule has 0 aliphatic heterocycles. The molecule has 1 heterocycles. The lowest BCUT2D eigenvalue weighted by Crippen LogP contribution is -2.02. The molecule has 0 fully saturated rings. The van der Waals surface area contributed by atoms with Gasteiger partial charge in [0.25, 0.3) is 0 Å². The van der Waals surface area contributed by atoms with Gasteiger partial charge in [-0.1, -0.05) is 54.6 Å². The third-order valence-electron chi connectivity index (χ3n) is 4.66. The minimum atomic E-state index is -0.956. The maximum Gasteiger partial charge on any atom is 0.338 e. The molecule has 4 rings (SSSR count). The van der Waals surface area contributed by atoms with Crippen molar-refractivity contribution in [3.63, 3.8) is 0 Å². The summed E-state index contributed by atoms with van der Waals surface area (Å²) in [5, 5.41) is 10.5. The van der Waals surface area contributed by atoms with Gasteiger partial charge in [-0.15, -0.1) is 0 Å². The Morgan fingerprint density at radius 2 is 1.59 bits per heavy atom. The second-order valence-electron chi connectivity index (χ2n) is 6.36. The first-order chi connectivity index (χ1) is 13.2. The van der Waals surface area contributed by atoms with E-state index in [1.54, 1.807) is 0 Å². The standard InChI is InChI=1S/C23H19NO3/c1-16-21(23(25)26)22-19(24(16)18-11-6-3-7-12-18)13-8-14-20(22)27-15-17-9-4-2-5-10-17/h2-14H,15H2,1H3,(H,25,26). The fraction of sp³-hybridized carbons (Fsp3) is 0.0870. The van der Waals surface area contributed by atoms with E-state index in [0.29, 0.717) is 23.4 Å². The second kappa shape index (κ2) is 7.00. The van der Waals surface area contributed by atoms with Crippen LogP contribution in [0.5, 0.6) is 5.75 Å². The molecule has 0 amide bonds. The number of ether oxygens (including phenoxy) is 1. The van der Waals surface area contributed by atoms with Crippen LogP contribution in [0, 0.1) is 6.92 Å². The number of nitrogens with zero attached hydrogens (tertiary/aromatic N) is 1. The molecule has 0 saturated carbocycles. The van der Waals surface area contributed by atoms with Crippen LogP contribution < -0.4 is 4.74 Å². The quantitative estimate of drug-likeness (QED) is 0.533. The van der Waals surface area contributed by atoms with Crippen molar-refractivity contribution in [2.45, 2.75) is 13.5 Å². The van der Waals surface area contributed by atoms with E-state index in [2.05, 4.69) is 0 Å². The highest BCUT2D eigenvalue weighted by molar-refractivity contribution is 6.08. The van der Waals surface area contributed by atoms with Crippen molar-refractivity contribution < 1.29 is 14.6 Å². The summed E-state index contributed by atoms with van der Waals surface area (Å²) in [5.41, 5.74) is 3.73. The number of rotatable bonds is 5. The molecular formula is C23H19NO3. The molecule has 4 nitrogen and oxygen atoms in total. The zero-order valence-electron chi connectivity index (χ0n) is 14.9. The molecular weight excluding hydrogens is 338 g/mol. The molecule has 0 aliphatic carbocycles. The molecule has 1 N–H and O–H groups in total. The Morgan fingerprint density at radius 1 is 0.926 bits per heavy atom. The monoisotopic (exact) mass is 357 g/mol. The second-order valence-corrected chi connectivity index (χ2v) is 6.36. The Bertz CT molecular complexity index is 1100. The number of carbonyl (C=O) groups is 1. The van der Waals surface area contributed by atoms with E-state index >= 15 is 0 Å². The molecule has 0 unspecified atom stereocenters. The van der Waals surface area contributed by atoms with Crippen molar-refractivity contribution in [1.82, 2.24) is 4.57 Å². The molecule has 0 saturated heterocycles. The number of carboxylic acids is 1. The van der Waals surface area contributed by atoms with Crippen molar-refractivity contribution in [2.75, 3.05) is 0 Å². The normalized spacial score (nSPS) is 10.9. The molecule has 134 valence electrons. The van der Waals surface area contributed by atoms with Crippen LogP contribution in [-0.2, 0) is 6.61 Å². The molecule has 4 heteroatoms. The predicted octanol–water partition coefficient (Wildman–Crippen LogP) is 5.22. The minimum Gasteiger partial charge on any atom is -0.488 e. The average Bonchev–Trinajstić information content (AvgIpc) is 3.00. The van der Waals surface area contributed by atoms with Gasteiger partial charge >= 0.3 is 5.97 Å². The van der Waals surface area contributed by atoms with Gasteiger partial charge in [0.15, 0.2) is 0 Å². The van der Waals surface area contributed by atoms with Gasteiger partial charge in [-0.2, -0.15) is 0 Å². The number of aromatic carboxylic acids is 1. The Labute approximate surface area is 157 Å². The number of para-hydroxylation sites is 1. The Morgan fingerprint density at radius 3 is 2.26 bits per heavy atom. The predicted molar refractivity (Wildman–Crippen MR) is 106 cm³/mol. The third-order valence-corrected chi connectivity index (χ3v) is 4.66. The molecule has 3 aromatic carbocycles. The smallest absolute Gasteiger partial charge is 0.338 e. The molecule has 0 bridgehead atoms. The van der Waals surface area contributed by atoms with Gasteiger partial charge in [-0.25, -0.2) is 4.79 Å². The fourth-order valence-corrected chi connectivity index (χ4v) is 3.46. The highest BCUT2D eigenvalue weighted by Gasteiger charge is 2.23. The van der Waals surface area contributed by atoms with Gasteiger partial charge in [0.1, 0.15) is 12.4 Å². The van der Waals surface area contributed by atoms with Crippen molar-refractivity contribution >= 4 is 16.9 Å². The van der Waals surface area contributed by atoms with Crippen molar-refractivity contribution in [3.05, 3.63) is 95.7 Å². The van der Waals surface area contributed by atoms with Crippen LogP contribution in [0.1, 0.15) is 21.6 Å². The summed E-state index contributed by atoms with van der Waals surface area (Å²) in [6, 6.07) is 25.2. The molecule has 27 heavy (non-hydrogen) atoms. The number of benzene rings is 3. The van der Waals surface area contributed by atoms with Crippen LogP contribution in [0.3, 0.4) is 0 Å². The van der Waals surface area contributed by atoms with E-state index in [1.165, 1.54) is 0 Å². The highest BCUT2D eigenvalue weighted by atomic mass is 16.5. The largest absolute Gasteiger partial charge is 0.488 e. The molecule has 0 aliphatic rings. The van der Waals surface area contributed by atoms with E-state index in [0.717, 1.165) is 16.8 Å². The topological polar surface area (TPSA) is 51.5 Å². The Kier molecular flexibility index (Phi) is 4.38. The van der Waals surface area contributed by atoms with Gasteiger partial charge in [0.05, 0.1) is 16.5 Å². The summed E-state index contributed by atoms with van der Waals surface area (Å²) in [6.45, 7) is 2.21.